The third kappa shape index (κ3) is 1.19. The van der Waals surface area contributed by atoms with Gasteiger partial charge < -0.3 is 0 Å². The summed E-state index contributed by atoms with van der Waals surface area (Å²) in [7, 11) is 0. The van der Waals surface area contributed by atoms with Crippen LogP contribution in [0.1, 0.15) is 5.69 Å². The van der Waals surface area contributed by atoms with E-state index in [2.05, 4.69) is 16.2 Å². The van der Waals surface area contributed by atoms with E-state index < -0.39 is 6.08 Å². The van der Waals surface area contributed by atoms with Crippen molar-refractivity contribution in [3.05, 3.63) is 24.0 Å². The number of hydrogen-bond acceptors (Lipinski definition) is 3. The van der Waals surface area contributed by atoms with Crippen molar-refractivity contribution in [2.45, 2.75) is 0 Å². The maximum absolute atomic E-state index is 11.9. The van der Waals surface area contributed by atoms with Crippen molar-refractivity contribution in [2.75, 3.05) is 0 Å². The average Bonchev–Trinajstić information content (AvgIpc) is 1.88. The van der Waals surface area contributed by atoms with Gasteiger partial charge >= 0.3 is 6.08 Å². The Labute approximate surface area is 50.8 Å². The fraction of sp³-hybridized carbons (Fsp3) is 0. The Morgan fingerprint density at radius 2 is 2.56 bits per heavy atom. The second-order valence-electron chi connectivity index (χ2n) is 1.26. The SMILES string of the molecule is N#Cc1c[c]nc(F)n1. The molecule has 0 amide bonds. The van der Waals surface area contributed by atoms with Gasteiger partial charge in [-0.05, 0) is 0 Å². The zero-order valence-electron chi connectivity index (χ0n) is 4.30. The zero-order chi connectivity index (χ0) is 6.69. The Hall–Kier alpha value is -1.50. The van der Waals surface area contributed by atoms with Crippen LogP contribution < -0.4 is 0 Å². The second-order valence-corrected chi connectivity index (χ2v) is 1.26. The maximum atomic E-state index is 11.9. The predicted octanol–water partition coefficient (Wildman–Crippen LogP) is 0.288. The van der Waals surface area contributed by atoms with Crippen LogP contribution in [0.15, 0.2) is 6.07 Å². The highest BCUT2D eigenvalue weighted by Crippen LogP contribution is 1.88. The number of nitrogens with zero attached hydrogens (tertiary/aromatic N) is 3. The van der Waals surface area contributed by atoms with Crippen LogP contribution in [-0.2, 0) is 0 Å². The Bertz CT molecular complexity index is 253. The van der Waals surface area contributed by atoms with Crippen molar-refractivity contribution in [1.29, 1.82) is 5.26 Å². The van der Waals surface area contributed by atoms with E-state index in [0.717, 1.165) is 0 Å². The molecule has 0 bridgehead atoms. The molecule has 3 nitrogen and oxygen atoms in total. The largest absolute Gasteiger partial charge is 0.310 e. The molecule has 0 spiro atoms. The van der Waals surface area contributed by atoms with Gasteiger partial charge in [0, 0.05) is 6.07 Å². The fourth-order valence-corrected chi connectivity index (χ4v) is 0.361. The normalized spacial score (nSPS) is 8.44. The zero-order valence-corrected chi connectivity index (χ0v) is 4.30. The van der Waals surface area contributed by atoms with Crippen molar-refractivity contribution in [3.8, 4) is 6.07 Å². The summed E-state index contributed by atoms with van der Waals surface area (Å²) < 4.78 is 11.9. The molecular weight excluding hydrogens is 121 g/mol. The van der Waals surface area contributed by atoms with Gasteiger partial charge in [-0.15, -0.1) is 0 Å². The van der Waals surface area contributed by atoms with Crippen molar-refractivity contribution in [3.63, 3.8) is 0 Å². The molecular formula is C5HFN3. The summed E-state index contributed by atoms with van der Waals surface area (Å²) in [5.41, 5.74) is -0.0116. The van der Waals surface area contributed by atoms with Crippen LogP contribution in [0.5, 0.6) is 0 Å². The highest BCUT2D eigenvalue weighted by atomic mass is 19.1. The summed E-state index contributed by atoms with van der Waals surface area (Å²) in [5, 5.41) is 8.14. The minimum Gasteiger partial charge on any atom is -0.200 e. The van der Waals surface area contributed by atoms with Crippen LogP contribution in [-0.4, -0.2) is 9.97 Å². The minimum absolute atomic E-state index is 0.0116. The standard InChI is InChI=1S/C5HFN3/c6-5-8-2-1-4(3-7)9-5/h1H. The van der Waals surface area contributed by atoms with E-state index in [1.54, 1.807) is 6.07 Å². The molecule has 0 atom stereocenters. The van der Waals surface area contributed by atoms with Crippen LogP contribution in [0.2, 0.25) is 0 Å². The molecule has 0 aliphatic carbocycles. The number of halogens is 1. The molecule has 4 heteroatoms. The van der Waals surface area contributed by atoms with E-state index in [9.17, 15) is 4.39 Å². The third-order valence-corrected chi connectivity index (χ3v) is 0.685. The number of rotatable bonds is 0. The van der Waals surface area contributed by atoms with Gasteiger partial charge in [-0.3, -0.25) is 0 Å². The monoisotopic (exact) mass is 122 g/mol. The van der Waals surface area contributed by atoms with Crippen LogP contribution in [0, 0.1) is 23.6 Å². The van der Waals surface area contributed by atoms with E-state index in [-0.39, 0.29) is 5.69 Å². The molecule has 1 heterocycles. The lowest BCUT2D eigenvalue weighted by molar-refractivity contribution is 0.536. The van der Waals surface area contributed by atoms with E-state index in [1.807, 2.05) is 0 Å². The molecule has 1 aromatic heterocycles. The fourth-order valence-electron chi connectivity index (χ4n) is 0.361. The molecule has 9 heavy (non-hydrogen) atoms. The first-order valence-corrected chi connectivity index (χ1v) is 2.13. The van der Waals surface area contributed by atoms with E-state index in [1.165, 1.54) is 6.07 Å². The van der Waals surface area contributed by atoms with Gasteiger partial charge in [0.05, 0.1) is 6.20 Å². The Balaban J connectivity index is 3.12. The molecule has 0 unspecified atom stereocenters. The Kier molecular flexibility index (Phi) is 1.36. The highest BCUT2D eigenvalue weighted by Gasteiger charge is 1.93. The van der Waals surface area contributed by atoms with E-state index >= 15 is 0 Å². The molecule has 1 radical (unpaired) electrons. The minimum atomic E-state index is -0.922. The summed E-state index contributed by atoms with van der Waals surface area (Å²) >= 11 is 0. The van der Waals surface area contributed by atoms with Crippen molar-refractivity contribution < 1.29 is 4.39 Å². The topological polar surface area (TPSA) is 49.6 Å². The third-order valence-electron chi connectivity index (χ3n) is 0.685. The first-order valence-electron chi connectivity index (χ1n) is 2.13. The lowest BCUT2D eigenvalue weighted by Gasteiger charge is -1.82. The molecule has 0 fully saturated rings. The molecule has 0 N–H and O–H groups in total. The smallest absolute Gasteiger partial charge is 0.200 e. The van der Waals surface area contributed by atoms with Gasteiger partial charge in [-0.25, -0.2) is 4.98 Å². The first kappa shape index (κ1) is 5.63. The van der Waals surface area contributed by atoms with Gasteiger partial charge in [-0.1, -0.05) is 0 Å². The van der Waals surface area contributed by atoms with Gasteiger partial charge in [0.1, 0.15) is 11.8 Å². The van der Waals surface area contributed by atoms with E-state index in [4.69, 9.17) is 5.26 Å². The molecule has 43 valence electrons. The lowest BCUT2D eigenvalue weighted by atomic mass is 10.5. The lowest BCUT2D eigenvalue weighted by Crippen LogP contribution is -1.89. The summed E-state index contributed by atoms with van der Waals surface area (Å²) in [4.78, 5) is 6.16. The summed E-state index contributed by atoms with van der Waals surface area (Å²) in [6, 6.07) is 2.86. The van der Waals surface area contributed by atoms with Crippen molar-refractivity contribution >= 4 is 0 Å². The van der Waals surface area contributed by atoms with Gasteiger partial charge in [-0.2, -0.15) is 14.6 Å². The summed E-state index contributed by atoms with van der Waals surface area (Å²) in [6.07, 6.45) is 1.25. The molecule has 1 rings (SSSR count). The molecule has 0 saturated heterocycles. The quantitative estimate of drug-likeness (QED) is 0.464. The Morgan fingerprint density at radius 3 is 3.00 bits per heavy atom. The van der Waals surface area contributed by atoms with Crippen LogP contribution in [0.3, 0.4) is 0 Å². The van der Waals surface area contributed by atoms with Crippen LogP contribution in [0.4, 0.5) is 4.39 Å². The first-order chi connectivity index (χ1) is 4.33. The molecule has 1 aromatic rings. The van der Waals surface area contributed by atoms with Gasteiger partial charge in [0.25, 0.3) is 0 Å². The van der Waals surface area contributed by atoms with Crippen LogP contribution >= 0.6 is 0 Å². The molecule has 0 aliphatic rings. The summed E-state index contributed by atoms with van der Waals surface area (Å²) in [5.74, 6) is 0. The van der Waals surface area contributed by atoms with Gasteiger partial charge in [0.2, 0.25) is 0 Å². The second kappa shape index (κ2) is 2.18. The molecule has 0 aliphatic heterocycles. The average molecular weight is 122 g/mol. The van der Waals surface area contributed by atoms with Crippen LogP contribution in [0.25, 0.3) is 0 Å². The maximum Gasteiger partial charge on any atom is 0.310 e. The highest BCUT2D eigenvalue weighted by molar-refractivity contribution is 5.15. The van der Waals surface area contributed by atoms with Gasteiger partial charge in [0.15, 0.2) is 0 Å². The molecule has 0 aromatic carbocycles. The molecule has 0 saturated carbocycles. The van der Waals surface area contributed by atoms with E-state index in [0.29, 0.717) is 0 Å². The Morgan fingerprint density at radius 1 is 1.78 bits per heavy atom. The van der Waals surface area contributed by atoms with Crippen molar-refractivity contribution in [2.24, 2.45) is 0 Å². The van der Waals surface area contributed by atoms with Crippen molar-refractivity contribution in [1.82, 2.24) is 9.97 Å². The summed E-state index contributed by atoms with van der Waals surface area (Å²) in [6.45, 7) is 0. The number of aromatic nitrogens is 2. The predicted molar refractivity (Wildman–Crippen MR) is 25.5 cm³/mol. The number of nitriles is 1. The number of hydrogen-bond donors (Lipinski definition) is 0.